The first-order chi connectivity index (χ1) is 9.04. The van der Waals surface area contributed by atoms with Gasteiger partial charge in [-0.3, -0.25) is 4.99 Å². The van der Waals surface area contributed by atoms with E-state index in [2.05, 4.69) is 45.5 Å². The van der Waals surface area contributed by atoms with Gasteiger partial charge in [0.25, 0.3) is 0 Å². The highest BCUT2D eigenvalue weighted by molar-refractivity contribution is 5.30. The molecule has 0 aromatic rings. The summed E-state index contributed by atoms with van der Waals surface area (Å²) in [7, 11) is 0. The standard InChI is InChI=1S/C17H29NO/c1-13(2)17(12-18-5)11-14(3)10-15(4)16-6-8-19-9-7-16/h11-13,15-16H,5-10H2,1-4H3/b14-11+,17-12+. The van der Waals surface area contributed by atoms with Crippen LogP contribution in [0.4, 0.5) is 0 Å². The lowest BCUT2D eigenvalue weighted by atomic mass is 9.83. The average Bonchev–Trinajstić information content (AvgIpc) is 2.39. The van der Waals surface area contributed by atoms with Gasteiger partial charge < -0.3 is 4.74 Å². The molecule has 1 unspecified atom stereocenters. The van der Waals surface area contributed by atoms with Crippen LogP contribution in [0.25, 0.3) is 0 Å². The minimum Gasteiger partial charge on any atom is -0.381 e. The number of aliphatic imine (C=N–C) groups is 1. The van der Waals surface area contributed by atoms with Crippen molar-refractivity contribution in [1.29, 1.82) is 0 Å². The molecule has 1 atom stereocenters. The zero-order valence-electron chi connectivity index (χ0n) is 13.0. The van der Waals surface area contributed by atoms with E-state index >= 15 is 0 Å². The Morgan fingerprint density at radius 1 is 1.32 bits per heavy atom. The number of rotatable bonds is 6. The lowest BCUT2D eigenvalue weighted by Gasteiger charge is -2.28. The molecule has 1 fully saturated rings. The van der Waals surface area contributed by atoms with E-state index in [0.717, 1.165) is 25.0 Å². The summed E-state index contributed by atoms with van der Waals surface area (Å²) in [4.78, 5) is 3.91. The number of hydrogen-bond acceptors (Lipinski definition) is 2. The van der Waals surface area contributed by atoms with Gasteiger partial charge in [-0.1, -0.05) is 32.4 Å². The maximum atomic E-state index is 5.44. The lowest BCUT2D eigenvalue weighted by Crippen LogP contribution is -2.21. The zero-order valence-corrected chi connectivity index (χ0v) is 13.0. The van der Waals surface area contributed by atoms with Gasteiger partial charge in [0.15, 0.2) is 0 Å². The molecule has 1 rings (SSSR count). The van der Waals surface area contributed by atoms with Crippen molar-refractivity contribution < 1.29 is 4.74 Å². The first-order valence-corrected chi connectivity index (χ1v) is 7.45. The fourth-order valence-corrected chi connectivity index (χ4v) is 2.76. The Bertz CT molecular complexity index is 335. The summed E-state index contributed by atoms with van der Waals surface area (Å²) in [6, 6.07) is 0. The second-order valence-electron chi connectivity index (χ2n) is 6.09. The number of allylic oxidation sites excluding steroid dienone is 3. The molecule has 2 nitrogen and oxygen atoms in total. The quantitative estimate of drug-likeness (QED) is 0.506. The largest absolute Gasteiger partial charge is 0.381 e. The molecule has 1 saturated heterocycles. The molecule has 1 aliphatic rings. The van der Waals surface area contributed by atoms with Gasteiger partial charge in [0, 0.05) is 19.4 Å². The minimum absolute atomic E-state index is 0.499. The smallest absolute Gasteiger partial charge is 0.0468 e. The first kappa shape index (κ1) is 16.2. The molecule has 0 radical (unpaired) electrons. The first-order valence-electron chi connectivity index (χ1n) is 7.45. The molecule has 0 aromatic carbocycles. The monoisotopic (exact) mass is 263 g/mol. The molecule has 0 aromatic heterocycles. The second kappa shape index (κ2) is 8.31. The lowest BCUT2D eigenvalue weighted by molar-refractivity contribution is 0.0495. The second-order valence-corrected chi connectivity index (χ2v) is 6.09. The molecule has 0 saturated carbocycles. The fourth-order valence-electron chi connectivity index (χ4n) is 2.76. The van der Waals surface area contributed by atoms with Gasteiger partial charge in [-0.25, -0.2) is 0 Å². The van der Waals surface area contributed by atoms with Gasteiger partial charge in [-0.2, -0.15) is 0 Å². The molecule has 108 valence electrons. The predicted molar refractivity (Wildman–Crippen MR) is 83.6 cm³/mol. The van der Waals surface area contributed by atoms with E-state index in [-0.39, 0.29) is 0 Å². The maximum absolute atomic E-state index is 5.44. The maximum Gasteiger partial charge on any atom is 0.0468 e. The normalized spacial score (nSPS) is 20.7. The van der Waals surface area contributed by atoms with Gasteiger partial charge in [0.1, 0.15) is 0 Å². The number of ether oxygens (including phenoxy) is 1. The van der Waals surface area contributed by atoms with Crippen LogP contribution in [0.1, 0.15) is 47.0 Å². The molecule has 0 amide bonds. The highest BCUT2D eigenvalue weighted by Gasteiger charge is 2.20. The van der Waals surface area contributed by atoms with E-state index in [4.69, 9.17) is 4.74 Å². The van der Waals surface area contributed by atoms with Gasteiger partial charge in [-0.05, 0) is 56.2 Å². The molecule has 0 spiro atoms. The summed E-state index contributed by atoms with van der Waals surface area (Å²) in [5.41, 5.74) is 2.72. The van der Waals surface area contributed by atoms with Crippen molar-refractivity contribution in [2.45, 2.75) is 47.0 Å². The Kier molecular flexibility index (Phi) is 7.07. The Hall–Kier alpha value is -0.890. The van der Waals surface area contributed by atoms with Crippen LogP contribution in [-0.2, 0) is 4.74 Å². The van der Waals surface area contributed by atoms with Crippen molar-refractivity contribution in [3.63, 3.8) is 0 Å². The molecule has 1 heterocycles. The van der Waals surface area contributed by atoms with Crippen LogP contribution in [-0.4, -0.2) is 19.9 Å². The van der Waals surface area contributed by atoms with Crippen molar-refractivity contribution in [3.8, 4) is 0 Å². The fraction of sp³-hybridized carbons (Fsp3) is 0.706. The van der Waals surface area contributed by atoms with Crippen molar-refractivity contribution in [3.05, 3.63) is 23.4 Å². The summed E-state index contributed by atoms with van der Waals surface area (Å²) in [6.07, 6.45) is 7.78. The van der Waals surface area contributed by atoms with E-state index in [0.29, 0.717) is 5.92 Å². The van der Waals surface area contributed by atoms with Crippen molar-refractivity contribution in [2.75, 3.05) is 13.2 Å². The summed E-state index contributed by atoms with van der Waals surface area (Å²) in [5, 5.41) is 0. The average molecular weight is 263 g/mol. The Labute approximate surface area is 118 Å². The summed E-state index contributed by atoms with van der Waals surface area (Å²) in [5.74, 6) is 2.06. The van der Waals surface area contributed by atoms with Crippen LogP contribution >= 0.6 is 0 Å². The topological polar surface area (TPSA) is 21.6 Å². The van der Waals surface area contributed by atoms with E-state index < -0.39 is 0 Å². The third-order valence-electron chi connectivity index (χ3n) is 4.03. The number of nitrogens with zero attached hydrogens (tertiary/aromatic N) is 1. The van der Waals surface area contributed by atoms with E-state index in [1.807, 2.05) is 6.20 Å². The SMILES string of the molecule is C=N/C=C(\C=C(/C)CC(C)C1CCOCC1)C(C)C. The van der Waals surface area contributed by atoms with Crippen LogP contribution in [0.15, 0.2) is 28.4 Å². The van der Waals surface area contributed by atoms with Crippen LogP contribution in [0.2, 0.25) is 0 Å². The Morgan fingerprint density at radius 3 is 2.47 bits per heavy atom. The third kappa shape index (κ3) is 5.73. The molecule has 0 aliphatic carbocycles. The molecule has 0 bridgehead atoms. The van der Waals surface area contributed by atoms with Crippen molar-refractivity contribution in [1.82, 2.24) is 0 Å². The van der Waals surface area contributed by atoms with Crippen LogP contribution in [0.5, 0.6) is 0 Å². The molecule has 0 N–H and O–H groups in total. The Morgan fingerprint density at radius 2 is 1.95 bits per heavy atom. The summed E-state index contributed by atoms with van der Waals surface area (Å²) < 4.78 is 5.44. The molecule has 2 heteroatoms. The van der Waals surface area contributed by atoms with E-state index in [1.165, 1.54) is 30.4 Å². The Balaban J connectivity index is 2.58. The van der Waals surface area contributed by atoms with Gasteiger partial charge >= 0.3 is 0 Å². The highest BCUT2D eigenvalue weighted by Crippen LogP contribution is 2.29. The summed E-state index contributed by atoms with van der Waals surface area (Å²) >= 11 is 0. The van der Waals surface area contributed by atoms with E-state index in [1.54, 1.807) is 0 Å². The molecule has 19 heavy (non-hydrogen) atoms. The molecule has 1 aliphatic heterocycles. The van der Waals surface area contributed by atoms with E-state index in [9.17, 15) is 0 Å². The van der Waals surface area contributed by atoms with Crippen molar-refractivity contribution in [2.24, 2.45) is 22.7 Å². The van der Waals surface area contributed by atoms with Gasteiger partial charge in [-0.15, -0.1) is 0 Å². The van der Waals surface area contributed by atoms with Crippen LogP contribution in [0, 0.1) is 17.8 Å². The highest BCUT2D eigenvalue weighted by atomic mass is 16.5. The van der Waals surface area contributed by atoms with Crippen molar-refractivity contribution >= 4 is 6.72 Å². The molecular formula is C17H29NO. The van der Waals surface area contributed by atoms with Gasteiger partial charge in [0.05, 0.1) is 0 Å². The summed E-state index contributed by atoms with van der Waals surface area (Å²) in [6.45, 7) is 14.4. The molecular weight excluding hydrogens is 234 g/mol. The van der Waals surface area contributed by atoms with Crippen LogP contribution in [0.3, 0.4) is 0 Å². The zero-order chi connectivity index (χ0) is 14.3. The van der Waals surface area contributed by atoms with Gasteiger partial charge in [0.2, 0.25) is 0 Å². The van der Waals surface area contributed by atoms with Crippen LogP contribution < -0.4 is 0 Å². The minimum atomic E-state index is 0.499. The third-order valence-corrected chi connectivity index (χ3v) is 4.03. The predicted octanol–water partition coefficient (Wildman–Crippen LogP) is 4.63. The number of hydrogen-bond donors (Lipinski definition) is 0.